The van der Waals surface area contributed by atoms with E-state index < -0.39 is 11.9 Å². The summed E-state index contributed by atoms with van der Waals surface area (Å²) in [4.78, 5) is 25.0. The lowest BCUT2D eigenvalue weighted by Gasteiger charge is -2.05. The largest absolute Gasteiger partial charge is 0.462 e. The van der Waals surface area contributed by atoms with Crippen molar-refractivity contribution in [3.05, 3.63) is 94.0 Å². The van der Waals surface area contributed by atoms with E-state index in [2.05, 4.69) is 0 Å². The molecule has 2 N–H and O–H groups in total. The molecule has 0 spiro atoms. The summed E-state index contributed by atoms with van der Waals surface area (Å²) < 4.78 is 12.2. The van der Waals surface area contributed by atoms with Crippen molar-refractivity contribution in [1.82, 2.24) is 9.78 Å². The smallest absolute Gasteiger partial charge is 0.348 e. The number of aromatic nitrogens is 2. The number of para-hydroxylation sites is 1. The molecule has 2 heterocycles. The summed E-state index contributed by atoms with van der Waals surface area (Å²) in [5.41, 5.74) is 10.6. The van der Waals surface area contributed by atoms with Gasteiger partial charge in [-0.05, 0) is 32.1 Å². The van der Waals surface area contributed by atoms with Crippen molar-refractivity contribution in [3.8, 4) is 23.0 Å². The lowest BCUT2D eigenvalue weighted by molar-refractivity contribution is -0.138. The number of benzene rings is 2. The van der Waals surface area contributed by atoms with Crippen LogP contribution in [0, 0.1) is 18.3 Å². The maximum atomic E-state index is 12.6. The van der Waals surface area contributed by atoms with Crippen LogP contribution in [-0.4, -0.2) is 28.3 Å². The Morgan fingerprint density at radius 3 is 2.54 bits per heavy atom. The molecule has 2 aromatic heterocycles. The highest BCUT2D eigenvalue weighted by molar-refractivity contribution is 7.18. The molecule has 2 aromatic carbocycles. The van der Waals surface area contributed by atoms with Gasteiger partial charge in [0.1, 0.15) is 22.6 Å². The van der Waals surface area contributed by atoms with Crippen LogP contribution >= 0.6 is 11.3 Å². The first-order valence-electron chi connectivity index (χ1n) is 11.5. The highest BCUT2D eigenvalue weighted by atomic mass is 32.1. The third kappa shape index (κ3) is 5.77. The second kappa shape index (κ2) is 11.4. The Morgan fingerprint density at radius 2 is 1.86 bits per heavy atom. The molecule has 0 bridgehead atoms. The Labute approximate surface area is 218 Å². The molecule has 4 rings (SSSR count). The van der Waals surface area contributed by atoms with Crippen molar-refractivity contribution in [2.45, 2.75) is 20.5 Å². The van der Waals surface area contributed by atoms with E-state index in [0.29, 0.717) is 5.69 Å². The van der Waals surface area contributed by atoms with Crippen molar-refractivity contribution in [1.29, 1.82) is 5.26 Å². The van der Waals surface area contributed by atoms with Gasteiger partial charge in [0.25, 0.3) is 0 Å². The van der Waals surface area contributed by atoms with Crippen molar-refractivity contribution in [3.63, 3.8) is 0 Å². The minimum absolute atomic E-state index is 0.107. The summed E-state index contributed by atoms with van der Waals surface area (Å²) in [6.45, 7) is 3.56. The SMILES string of the molecule is CCOC(=O)c1sc(N)c(C#N)c1COC(=O)C=Cc1cn(-c2ccccc2)nc1-c1ccc(C)cc1. The number of hydrogen-bond donors (Lipinski definition) is 1. The number of nitriles is 1. The third-order valence-electron chi connectivity index (χ3n) is 5.45. The Kier molecular flexibility index (Phi) is 7.81. The first-order chi connectivity index (χ1) is 17.9. The van der Waals surface area contributed by atoms with Gasteiger partial charge in [0.05, 0.1) is 23.6 Å². The quantitative estimate of drug-likeness (QED) is 0.251. The zero-order valence-corrected chi connectivity index (χ0v) is 21.1. The molecule has 0 amide bonds. The molecule has 0 unspecified atom stereocenters. The maximum absolute atomic E-state index is 12.6. The zero-order chi connectivity index (χ0) is 26.4. The summed E-state index contributed by atoms with van der Waals surface area (Å²) in [6.07, 6.45) is 4.75. The van der Waals surface area contributed by atoms with Gasteiger partial charge >= 0.3 is 11.9 Å². The number of ether oxygens (including phenoxy) is 2. The fourth-order valence-electron chi connectivity index (χ4n) is 3.61. The third-order valence-corrected chi connectivity index (χ3v) is 6.49. The van der Waals surface area contributed by atoms with Crippen LogP contribution in [0.3, 0.4) is 0 Å². The first kappa shape index (κ1) is 25.4. The predicted molar refractivity (Wildman–Crippen MR) is 142 cm³/mol. The molecule has 0 aliphatic heterocycles. The first-order valence-corrected chi connectivity index (χ1v) is 12.3. The van der Waals surface area contributed by atoms with Crippen LogP contribution < -0.4 is 5.73 Å². The molecule has 0 atom stereocenters. The molecular formula is C28H24N4O4S. The normalized spacial score (nSPS) is 10.8. The number of nitrogen functional groups attached to an aromatic ring is 1. The Bertz CT molecular complexity index is 1500. The topological polar surface area (TPSA) is 120 Å². The van der Waals surface area contributed by atoms with E-state index in [-0.39, 0.29) is 34.2 Å². The number of nitrogens with zero attached hydrogens (tertiary/aromatic N) is 3. The molecule has 186 valence electrons. The van der Waals surface area contributed by atoms with Crippen LogP contribution in [0.4, 0.5) is 5.00 Å². The van der Waals surface area contributed by atoms with Gasteiger partial charge in [-0.3, -0.25) is 0 Å². The van der Waals surface area contributed by atoms with Crippen LogP contribution in [0.1, 0.15) is 38.8 Å². The minimum atomic E-state index is -0.647. The van der Waals surface area contributed by atoms with Crippen LogP contribution in [0.2, 0.25) is 0 Å². The van der Waals surface area contributed by atoms with Crippen molar-refractivity contribution in [2.24, 2.45) is 0 Å². The van der Waals surface area contributed by atoms with Gasteiger partial charge in [0.15, 0.2) is 0 Å². The number of nitrogens with two attached hydrogens (primary N) is 1. The Hall–Kier alpha value is -4.68. The van der Waals surface area contributed by atoms with Gasteiger partial charge < -0.3 is 15.2 Å². The number of rotatable bonds is 8. The van der Waals surface area contributed by atoms with Crippen LogP contribution in [0.25, 0.3) is 23.0 Å². The van der Waals surface area contributed by atoms with E-state index in [0.717, 1.165) is 33.7 Å². The summed E-state index contributed by atoms with van der Waals surface area (Å²) in [5.74, 6) is -1.26. The summed E-state index contributed by atoms with van der Waals surface area (Å²) >= 11 is 0.937. The number of esters is 2. The van der Waals surface area contributed by atoms with Gasteiger partial charge in [-0.1, -0.05) is 48.0 Å². The average Bonchev–Trinajstić information content (AvgIpc) is 3.48. The number of hydrogen-bond acceptors (Lipinski definition) is 8. The van der Waals surface area contributed by atoms with Gasteiger partial charge in [-0.15, -0.1) is 11.3 Å². The molecule has 4 aromatic rings. The highest BCUT2D eigenvalue weighted by Gasteiger charge is 2.23. The molecule has 9 heteroatoms. The fourth-order valence-corrected chi connectivity index (χ4v) is 4.53. The number of carbonyl (C=O) groups is 2. The van der Waals surface area contributed by atoms with E-state index in [9.17, 15) is 14.9 Å². The summed E-state index contributed by atoms with van der Waals surface area (Å²) in [6, 6.07) is 19.6. The molecule has 37 heavy (non-hydrogen) atoms. The molecule has 0 aliphatic rings. The molecule has 0 radical (unpaired) electrons. The van der Waals surface area contributed by atoms with E-state index in [1.54, 1.807) is 17.7 Å². The maximum Gasteiger partial charge on any atom is 0.348 e. The monoisotopic (exact) mass is 512 g/mol. The van der Waals surface area contributed by atoms with Crippen LogP contribution in [0.5, 0.6) is 0 Å². The standard InChI is InChI=1S/C28H24N4O4S/c1-3-35-28(34)26-23(22(15-29)27(30)37-26)17-36-24(33)14-13-20-16-32(21-7-5-4-6-8-21)31-25(20)19-11-9-18(2)10-12-19/h4-14,16H,3,17,30H2,1-2H3. The van der Waals surface area contributed by atoms with Crippen molar-refractivity contribution in [2.75, 3.05) is 12.3 Å². The Balaban J connectivity index is 1.58. The number of anilines is 1. The van der Waals surface area contributed by atoms with Gasteiger partial charge in [0.2, 0.25) is 0 Å². The minimum Gasteiger partial charge on any atom is -0.462 e. The second-order valence-corrected chi connectivity index (χ2v) is 9.05. The molecular weight excluding hydrogens is 488 g/mol. The zero-order valence-electron chi connectivity index (χ0n) is 20.3. The average molecular weight is 513 g/mol. The summed E-state index contributed by atoms with van der Waals surface area (Å²) in [7, 11) is 0. The lowest BCUT2D eigenvalue weighted by atomic mass is 10.1. The number of thiophene rings is 1. The van der Waals surface area contributed by atoms with Crippen molar-refractivity contribution >= 4 is 34.4 Å². The Morgan fingerprint density at radius 1 is 1.14 bits per heavy atom. The predicted octanol–water partition coefficient (Wildman–Crippen LogP) is 5.30. The van der Waals surface area contributed by atoms with Gasteiger partial charge in [0, 0.05) is 29.0 Å². The molecule has 0 saturated carbocycles. The van der Waals surface area contributed by atoms with Gasteiger partial charge in [-0.25, -0.2) is 14.3 Å². The van der Waals surface area contributed by atoms with Gasteiger partial charge in [-0.2, -0.15) is 10.4 Å². The highest BCUT2D eigenvalue weighted by Crippen LogP contribution is 2.32. The van der Waals surface area contributed by atoms with E-state index in [1.165, 1.54) is 6.08 Å². The molecule has 8 nitrogen and oxygen atoms in total. The molecule has 0 fully saturated rings. The van der Waals surface area contributed by atoms with E-state index in [4.69, 9.17) is 20.3 Å². The van der Waals surface area contributed by atoms with Crippen LogP contribution in [0.15, 0.2) is 66.9 Å². The lowest BCUT2D eigenvalue weighted by Crippen LogP contribution is -2.08. The summed E-state index contributed by atoms with van der Waals surface area (Å²) in [5, 5.41) is 14.4. The number of aryl methyl sites for hydroxylation is 1. The van der Waals surface area contributed by atoms with E-state index in [1.807, 2.05) is 73.8 Å². The second-order valence-electron chi connectivity index (χ2n) is 8.00. The van der Waals surface area contributed by atoms with Crippen LogP contribution in [-0.2, 0) is 20.9 Å². The molecule has 0 aliphatic carbocycles. The van der Waals surface area contributed by atoms with Crippen molar-refractivity contribution < 1.29 is 19.1 Å². The number of carbonyl (C=O) groups excluding carboxylic acids is 2. The molecule has 0 saturated heterocycles. The fraction of sp³-hybridized carbons (Fsp3) is 0.143. The van der Waals surface area contributed by atoms with E-state index >= 15 is 0 Å².